The predicted molar refractivity (Wildman–Crippen MR) is 94.9 cm³/mol. The number of hydrogen-bond acceptors (Lipinski definition) is 7. The molecule has 0 amide bonds. The summed E-state index contributed by atoms with van der Waals surface area (Å²) in [4.78, 5) is 25.6. The van der Waals surface area contributed by atoms with Gasteiger partial charge in [-0.05, 0) is 26.0 Å². The molecule has 0 saturated carbocycles. The lowest BCUT2D eigenvalue weighted by Crippen LogP contribution is -2.33. The molecule has 1 saturated heterocycles. The fourth-order valence-corrected chi connectivity index (χ4v) is 3.68. The van der Waals surface area contributed by atoms with Gasteiger partial charge in [0.05, 0.1) is 17.6 Å². The van der Waals surface area contributed by atoms with Crippen LogP contribution in [0.2, 0.25) is 0 Å². The predicted octanol–water partition coefficient (Wildman–Crippen LogP) is 0.207. The van der Waals surface area contributed by atoms with Crippen LogP contribution in [0.15, 0.2) is 44.9 Å². The Kier molecular flexibility index (Phi) is 5.33. The zero-order valence-corrected chi connectivity index (χ0v) is 15.6. The minimum absolute atomic E-state index is 0.00427. The normalized spacial score (nSPS) is 22.9. The molecular weight excluding hydrogens is 376 g/mol. The summed E-state index contributed by atoms with van der Waals surface area (Å²) in [7, 11) is -4.00. The molecule has 9 nitrogen and oxygen atoms in total. The molecule has 1 aromatic heterocycles. The molecule has 2 N–H and O–H groups in total. The molecule has 2 aromatic rings. The van der Waals surface area contributed by atoms with E-state index < -0.39 is 46.4 Å². The Labute approximate surface area is 155 Å². The summed E-state index contributed by atoms with van der Waals surface area (Å²) < 4.78 is 36.2. The van der Waals surface area contributed by atoms with Crippen molar-refractivity contribution in [3.05, 3.63) is 62.4 Å². The molecule has 3 rings (SSSR count). The van der Waals surface area contributed by atoms with Gasteiger partial charge in [-0.2, -0.15) is 8.42 Å². The Morgan fingerprint density at radius 1 is 1.26 bits per heavy atom. The van der Waals surface area contributed by atoms with E-state index in [1.807, 2.05) is 6.92 Å². The maximum Gasteiger partial charge on any atom is 0.330 e. The van der Waals surface area contributed by atoms with Crippen molar-refractivity contribution in [1.82, 2.24) is 9.55 Å². The Morgan fingerprint density at radius 3 is 2.59 bits per heavy atom. The van der Waals surface area contributed by atoms with Crippen LogP contribution >= 0.6 is 0 Å². The first-order valence-corrected chi connectivity index (χ1v) is 9.70. The van der Waals surface area contributed by atoms with E-state index in [4.69, 9.17) is 8.92 Å². The molecule has 0 unspecified atom stereocenters. The first-order chi connectivity index (χ1) is 12.7. The molecule has 3 atom stereocenters. The van der Waals surface area contributed by atoms with Crippen molar-refractivity contribution in [3.63, 3.8) is 0 Å². The summed E-state index contributed by atoms with van der Waals surface area (Å²) in [6.45, 7) is 2.97. The third-order valence-electron chi connectivity index (χ3n) is 4.36. The molecule has 0 spiro atoms. The van der Waals surface area contributed by atoms with Crippen LogP contribution in [-0.4, -0.2) is 41.9 Å². The summed E-state index contributed by atoms with van der Waals surface area (Å²) in [5.74, 6) is 0. The van der Waals surface area contributed by atoms with E-state index >= 15 is 0 Å². The number of ether oxygens (including phenoxy) is 1. The van der Waals surface area contributed by atoms with Gasteiger partial charge in [0.1, 0.15) is 12.3 Å². The van der Waals surface area contributed by atoms with Crippen molar-refractivity contribution < 1.29 is 22.4 Å². The molecule has 0 aliphatic carbocycles. The molecule has 27 heavy (non-hydrogen) atoms. The number of H-pyrrole nitrogens is 1. The molecule has 1 fully saturated rings. The number of aromatic nitrogens is 2. The van der Waals surface area contributed by atoms with Crippen molar-refractivity contribution in [1.29, 1.82) is 0 Å². The maximum absolute atomic E-state index is 12.2. The van der Waals surface area contributed by atoms with Crippen LogP contribution in [-0.2, 0) is 19.0 Å². The number of benzene rings is 1. The fraction of sp³-hybridized carbons (Fsp3) is 0.412. The number of aliphatic hydroxyl groups is 1. The van der Waals surface area contributed by atoms with Crippen molar-refractivity contribution in [2.45, 2.75) is 43.6 Å². The minimum atomic E-state index is -4.00. The zero-order valence-electron chi connectivity index (χ0n) is 14.8. The first-order valence-electron chi connectivity index (χ1n) is 8.29. The third kappa shape index (κ3) is 4.19. The highest BCUT2D eigenvalue weighted by Crippen LogP contribution is 2.28. The largest absolute Gasteiger partial charge is 0.390 e. The van der Waals surface area contributed by atoms with E-state index in [-0.39, 0.29) is 11.3 Å². The van der Waals surface area contributed by atoms with Crippen LogP contribution in [0.4, 0.5) is 0 Å². The fourth-order valence-electron chi connectivity index (χ4n) is 2.77. The lowest BCUT2D eigenvalue weighted by atomic mass is 10.2. The second kappa shape index (κ2) is 7.39. The highest BCUT2D eigenvalue weighted by atomic mass is 32.2. The van der Waals surface area contributed by atoms with Gasteiger partial charge in [0.15, 0.2) is 0 Å². The van der Waals surface area contributed by atoms with Crippen molar-refractivity contribution >= 4 is 10.1 Å². The van der Waals surface area contributed by atoms with Gasteiger partial charge < -0.3 is 9.84 Å². The Morgan fingerprint density at radius 2 is 1.93 bits per heavy atom. The number of aryl methyl sites for hydroxylation is 2. The van der Waals surface area contributed by atoms with Gasteiger partial charge in [-0.25, -0.2) is 4.79 Å². The average Bonchev–Trinajstić information content (AvgIpc) is 2.97. The second-order valence-electron chi connectivity index (χ2n) is 6.46. The molecule has 0 bridgehead atoms. The summed E-state index contributed by atoms with van der Waals surface area (Å²) in [5.41, 5.74) is 0.0535. The summed E-state index contributed by atoms with van der Waals surface area (Å²) >= 11 is 0. The van der Waals surface area contributed by atoms with Crippen LogP contribution in [0.1, 0.15) is 23.8 Å². The van der Waals surface area contributed by atoms with Gasteiger partial charge in [0.25, 0.3) is 15.7 Å². The van der Waals surface area contributed by atoms with Crippen molar-refractivity contribution in [3.8, 4) is 0 Å². The van der Waals surface area contributed by atoms with Crippen molar-refractivity contribution in [2.75, 3.05) is 6.61 Å². The number of hydrogen-bond donors (Lipinski definition) is 2. The minimum Gasteiger partial charge on any atom is -0.390 e. The van der Waals surface area contributed by atoms with Crippen molar-refractivity contribution in [2.24, 2.45) is 0 Å². The standard InChI is InChI=1S/C17H20N2O7S/c1-10-3-5-12(6-4-10)27(23,24)25-9-14-13(20)7-15(26-14)19-8-11(2)16(21)18-17(19)22/h3-6,8,13-15,20H,7,9H2,1-2H3,(H,18,21,22)/t13-,14+,15-/m1/s1. The lowest BCUT2D eigenvalue weighted by molar-refractivity contribution is -0.0400. The molecule has 10 heteroatoms. The Balaban J connectivity index is 1.70. The lowest BCUT2D eigenvalue weighted by Gasteiger charge is -2.16. The van der Waals surface area contributed by atoms with Gasteiger partial charge in [0.2, 0.25) is 0 Å². The van der Waals surface area contributed by atoms with E-state index in [2.05, 4.69) is 4.98 Å². The van der Waals surface area contributed by atoms with Crippen LogP contribution in [0.3, 0.4) is 0 Å². The summed E-state index contributed by atoms with van der Waals surface area (Å²) in [6, 6.07) is 6.17. The monoisotopic (exact) mass is 396 g/mol. The summed E-state index contributed by atoms with van der Waals surface area (Å²) in [5, 5.41) is 10.2. The van der Waals surface area contributed by atoms with E-state index in [1.165, 1.54) is 25.3 Å². The molecule has 1 aliphatic rings. The van der Waals surface area contributed by atoms with Gasteiger partial charge in [0, 0.05) is 18.2 Å². The molecule has 1 aliphatic heterocycles. The second-order valence-corrected chi connectivity index (χ2v) is 8.08. The van der Waals surface area contributed by atoms with Crippen LogP contribution in [0.5, 0.6) is 0 Å². The molecule has 0 radical (unpaired) electrons. The first kappa shape index (κ1) is 19.5. The highest BCUT2D eigenvalue weighted by molar-refractivity contribution is 7.86. The summed E-state index contributed by atoms with van der Waals surface area (Å²) in [6.07, 6.45) is -1.40. The topological polar surface area (TPSA) is 128 Å². The number of rotatable bonds is 5. The van der Waals surface area contributed by atoms with Crippen LogP contribution < -0.4 is 11.2 Å². The van der Waals surface area contributed by atoms with E-state index in [1.54, 1.807) is 12.1 Å². The van der Waals surface area contributed by atoms with Gasteiger partial charge in [-0.3, -0.25) is 18.5 Å². The Hall–Kier alpha value is -2.27. The molecule has 2 heterocycles. The van der Waals surface area contributed by atoms with E-state index in [0.717, 1.165) is 10.1 Å². The Bertz CT molecular complexity index is 1040. The number of nitrogens with zero attached hydrogens (tertiary/aromatic N) is 1. The SMILES string of the molecule is Cc1ccc(S(=O)(=O)OC[C@@H]2O[C@@H](n3cc(C)c(=O)[nH]c3=O)C[C@H]2O)cc1. The average molecular weight is 396 g/mol. The molecule has 1 aromatic carbocycles. The maximum atomic E-state index is 12.2. The van der Waals surface area contributed by atoms with E-state index in [9.17, 15) is 23.1 Å². The number of aliphatic hydroxyl groups excluding tert-OH is 1. The van der Waals surface area contributed by atoms with Crippen LogP contribution in [0.25, 0.3) is 0 Å². The number of aromatic amines is 1. The molecular formula is C17H20N2O7S. The van der Waals surface area contributed by atoms with Gasteiger partial charge in [-0.1, -0.05) is 17.7 Å². The van der Waals surface area contributed by atoms with Gasteiger partial charge >= 0.3 is 5.69 Å². The van der Waals surface area contributed by atoms with E-state index in [0.29, 0.717) is 5.56 Å². The van der Waals surface area contributed by atoms with Crippen LogP contribution in [0, 0.1) is 13.8 Å². The quantitative estimate of drug-likeness (QED) is 0.691. The highest BCUT2D eigenvalue weighted by Gasteiger charge is 2.37. The number of nitrogens with one attached hydrogen (secondary N) is 1. The zero-order chi connectivity index (χ0) is 19.8. The third-order valence-corrected chi connectivity index (χ3v) is 5.65. The smallest absolute Gasteiger partial charge is 0.330 e. The van der Waals surface area contributed by atoms with Gasteiger partial charge in [-0.15, -0.1) is 0 Å². The molecule has 146 valence electrons.